The van der Waals surface area contributed by atoms with Crippen LogP contribution in [0, 0.1) is 5.92 Å². The summed E-state index contributed by atoms with van der Waals surface area (Å²) in [7, 11) is 1.30. The molecule has 1 aliphatic heterocycles. The lowest BCUT2D eigenvalue weighted by Gasteiger charge is -2.32. The fraction of sp³-hybridized carbons (Fsp3) is 0.500. The molecular formula is C18H26N2O4. The van der Waals surface area contributed by atoms with Crippen LogP contribution in [0.2, 0.25) is 0 Å². The molecule has 0 unspecified atom stereocenters. The first-order chi connectivity index (χ1) is 11.5. The van der Waals surface area contributed by atoms with E-state index in [-0.39, 0.29) is 24.3 Å². The van der Waals surface area contributed by atoms with Gasteiger partial charge in [0.2, 0.25) is 11.8 Å². The van der Waals surface area contributed by atoms with E-state index in [1.165, 1.54) is 13.2 Å². The third kappa shape index (κ3) is 6.40. The Kier molecular flexibility index (Phi) is 8.54. The van der Waals surface area contributed by atoms with Crippen molar-refractivity contribution in [2.45, 2.75) is 26.7 Å². The van der Waals surface area contributed by atoms with Crippen LogP contribution in [0.3, 0.4) is 0 Å². The predicted molar refractivity (Wildman–Crippen MR) is 92.0 cm³/mol. The number of carbonyl (C=O) groups excluding carboxylic acids is 3. The molecule has 6 heteroatoms. The number of nitrogens with one attached hydrogen (secondary N) is 1. The van der Waals surface area contributed by atoms with Crippen molar-refractivity contribution in [3.05, 3.63) is 36.0 Å². The molecule has 2 amide bonds. The summed E-state index contributed by atoms with van der Waals surface area (Å²) in [6.45, 7) is 5.03. The third-order valence-corrected chi connectivity index (χ3v) is 3.80. The van der Waals surface area contributed by atoms with Gasteiger partial charge in [0, 0.05) is 31.3 Å². The molecule has 0 aromatic heterocycles. The number of rotatable bonds is 6. The number of hydrogen-bond acceptors (Lipinski definition) is 4. The highest BCUT2D eigenvalue weighted by atomic mass is 16.5. The van der Waals surface area contributed by atoms with E-state index in [0.29, 0.717) is 18.7 Å². The van der Waals surface area contributed by atoms with Gasteiger partial charge in [-0.25, -0.2) is 4.79 Å². The van der Waals surface area contributed by atoms with Gasteiger partial charge < -0.3 is 15.0 Å². The van der Waals surface area contributed by atoms with Gasteiger partial charge in [-0.15, -0.1) is 0 Å². The van der Waals surface area contributed by atoms with Crippen molar-refractivity contribution in [1.29, 1.82) is 0 Å². The number of allylic oxidation sites excluding steroid dienone is 3. The minimum absolute atomic E-state index is 0.0313. The number of nitrogens with zero attached hydrogens (tertiary/aromatic N) is 1. The van der Waals surface area contributed by atoms with Gasteiger partial charge in [-0.05, 0) is 26.7 Å². The first-order valence-electron chi connectivity index (χ1n) is 8.10. The highest BCUT2D eigenvalue weighted by Crippen LogP contribution is 2.18. The van der Waals surface area contributed by atoms with Crippen molar-refractivity contribution in [1.82, 2.24) is 10.2 Å². The van der Waals surface area contributed by atoms with E-state index in [1.54, 1.807) is 24.0 Å². The summed E-state index contributed by atoms with van der Waals surface area (Å²) in [4.78, 5) is 37.2. The Bertz CT molecular complexity index is 549. The van der Waals surface area contributed by atoms with E-state index in [9.17, 15) is 14.4 Å². The van der Waals surface area contributed by atoms with Gasteiger partial charge in [-0.3, -0.25) is 9.59 Å². The second-order valence-electron chi connectivity index (χ2n) is 5.64. The highest BCUT2D eigenvalue weighted by molar-refractivity contribution is 5.93. The summed E-state index contributed by atoms with van der Waals surface area (Å²) in [5, 5.41) is 2.76. The van der Waals surface area contributed by atoms with E-state index in [4.69, 9.17) is 0 Å². The van der Waals surface area contributed by atoms with Crippen molar-refractivity contribution in [3.8, 4) is 0 Å². The number of likely N-dealkylation sites (tertiary alicyclic amines) is 1. The first-order valence-corrected chi connectivity index (χ1v) is 8.10. The Hall–Kier alpha value is -2.37. The average molecular weight is 334 g/mol. The van der Waals surface area contributed by atoms with Crippen LogP contribution in [0.15, 0.2) is 36.0 Å². The quantitative estimate of drug-likeness (QED) is 0.455. The van der Waals surface area contributed by atoms with Crippen LogP contribution in [0.1, 0.15) is 26.7 Å². The maximum absolute atomic E-state index is 12.4. The SMILES string of the molecule is C/C=C\C=C(/C)C(=O)N1CCC[C@H](C(=O)NC/C=C/C(=O)OC)C1. The molecule has 1 saturated heterocycles. The zero-order chi connectivity index (χ0) is 17.9. The molecule has 0 radical (unpaired) electrons. The minimum Gasteiger partial charge on any atom is -0.466 e. The van der Waals surface area contributed by atoms with Gasteiger partial charge in [0.25, 0.3) is 0 Å². The second-order valence-corrected chi connectivity index (χ2v) is 5.64. The van der Waals surface area contributed by atoms with E-state index in [1.807, 2.05) is 19.1 Å². The molecule has 1 fully saturated rings. The summed E-state index contributed by atoms with van der Waals surface area (Å²) in [6, 6.07) is 0. The van der Waals surface area contributed by atoms with Crippen molar-refractivity contribution >= 4 is 17.8 Å². The van der Waals surface area contributed by atoms with Crippen LogP contribution in [-0.2, 0) is 19.1 Å². The van der Waals surface area contributed by atoms with Crippen molar-refractivity contribution in [2.75, 3.05) is 26.7 Å². The molecule has 0 aromatic carbocycles. The highest BCUT2D eigenvalue weighted by Gasteiger charge is 2.28. The van der Waals surface area contributed by atoms with E-state index >= 15 is 0 Å². The third-order valence-electron chi connectivity index (χ3n) is 3.80. The maximum Gasteiger partial charge on any atom is 0.330 e. The van der Waals surface area contributed by atoms with Crippen LogP contribution in [0.25, 0.3) is 0 Å². The zero-order valence-corrected chi connectivity index (χ0v) is 14.6. The Labute approximate surface area is 143 Å². The number of amides is 2. The topological polar surface area (TPSA) is 75.7 Å². The summed E-state index contributed by atoms with van der Waals surface area (Å²) >= 11 is 0. The normalized spacial score (nSPS) is 18.9. The molecule has 0 saturated carbocycles. The zero-order valence-electron chi connectivity index (χ0n) is 14.6. The van der Waals surface area contributed by atoms with Crippen molar-refractivity contribution in [2.24, 2.45) is 5.92 Å². The molecule has 1 atom stereocenters. The van der Waals surface area contributed by atoms with Gasteiger partial charge in [-0.1, -0.05) is 24.3 Å². The minimum atomic E-state index is -0.456. The second kappa shape index (κ2) is 10.4. The molecule has 1 aliphatic rings. The van der Waals surface area contributed by atoms with Crippen LogP contribution < -0.4 is 5.32 Å². The Morgan fingerprint density at radius 3 is 2.75 bits per heavy atom. The van der Waals surface area contributed by atoms with Crippen LogP contribution in [0.4, 0.5) is 0 Å². The predicted octanol–water partition coefficient (Wildman–Crippen LogP) is 1.59. The van der Waals surface area contributed by atoms with Gasteiger partial charge in [-0.2, -0.15) is 0 Å². The van der Waals surface area contributed by atoms with Gasteiger partial charge in [0.05, 0.1) is 13.0 Å². The maximum atomic E-state index is 12.4. The lowest BCUT2D eigenvalue weighted by Crippen LogP contribution is -2.45. The Morgan fingerprint density at radius 1 is 1.33 bits per heavy atom. The number of carbonyl (C=O) groups is 3. The summed E-state index contributed by atoms with van der Waals surface area (Å²) < 4.78 is 4.47. The van der Waals surface area contributed by atoms with Gasteiger partial charge in [0.1, 0.15) is 0 Å². The molecule has 0 aliphatic carbocycles. The number of ether oxygens (including phenoxy) is 1. The fourth-order valence-corrected chi connectivity index (χ4v) is 2.46. The monoisotopic (exact) mass is 334 g/mol. The number of methoxy groups -OCH3 is 1. The number of esters is 1. The smallest absolute Gasteiger partial charge is 0.330 e. The van der Waals surface area contributed by atoms with Crippen LogP contribution >= 0.6 is 0 Å². The lowest BCUT2D eigenvalue weighted by atomic mass is 9.96. The molecule has 0 spiro atoms. The van der Waals surface area contributed by atoms with E-state index < -0.39 is 5.97 Å². The summed E-state index contributed by atoms with van der Waals surface area (Å²) in [5.41, 5.74) is 0.662. The van der Waals surface area contributed by atoms with Gasteiger partial charge >= 0.3 is 5.97 Å². The Balaban J connectivity index is 2.52. The summed E-state index contributed by atoms with van der Waals surface area (Å²) in [6.07, 6.45) is 9.85. The molecular weight excluding hydrogens is 308 g/mol. The van der Waals surface area contributed by atoms with Crippen molar-refractivity contribution < 1.29 is 19.1 Å². The largest absolute Gasteiger partial charge is 0.466 e. The van der Waals surface area contributed by atoms with Crippen molar-refractivity contribution in [3.63, 3.8) is 0 Å². The number of piperidine rings is 1. The molecule has 0 bridgehead atoms. The van der Waals surface area contributed by atoms with Gasteiger partial charge in [0.15, 0.2) is 0 Å². The molecule has 24 heavy (non-hydrogen) atoms. The molecule has 1 N–H and O–H groups in total. The molecule has 1 heterocycles. The molecule has 0 aromatic rings. The molecule has 1 rings (SSSR count). The fourth-order valence-electron chi connectivity index (χ4n) is 2.46. The van der Waals surface area contributed by atoms with E-state index in [0.717, 1.165) is 12.8 Å². The first kappa shape index (κ1) is 19.7. The van der Waals surface area contributed by atoms with E-state index in [2.05, 4.69) is 10.1 Å². The number of hydrogen-bond donors (Lipinski definition) is 1. The average Bonchev–Trinajstić information content (AvgIpc) is 2.62. The standard InChI is InChI=1S/C18H26N2O4/c1-4-5-8-14(2)18(23)20-12-7-9-15(13-20)17(22)19-11-6-10-16(21)24-3/h4-6,8,10,15H,7,9,11-13H2,1-3H3,(H,19,22)/b5-4-,10-6+,14-8+/t15-/m0/s1. The Morgan fingerprint density at radius 2 is 2.08 bits per heavy atom. The molecule has 6 nitrogen and oxygen atoms in total. The lowest BCUT2D eigenvalue weighted by molar-refractivity contribution is -0.135. The van der Waals surface area contributed by atoms with Crippen LogP contribution in [0.5, 0.6) is 0 Å². The molecule has 132 valence electrons. The van der Waals surface area contributed by atoms with Crippen LogP contribution in [-0.4, -0.2) is 49.4 Å². The summed E-state index contributed by atoms with van der Waals surface area (Å²) in [5.74, 6) is -0.806.